The van der Waals surface area contributed by atoms with Gasteiger partial charge in [0.25, 0.3) is 0 Å². The molecule has 9 nitrogen and oxygen atoms in total. The van der Waals surface area contributed by atoms with Gasteiger partial charge in [-0.2, -0.15) is 0 Å². The van der Waals surface area contributed by atoms with Crippen molar-refractivity contribution in [3.8, 4) is 11.1 Å². The fourth-order valence-electron chi connectivity index (χ4n) is 6.93. The monoisotopic (exact) mass is 740 g/mol. The lowest BCUT2D eigenvalue weighted by Gasteiger charge is -2.20. The Bertz CT molecular complexity index is 1620. The van der Waals surface area contributed by atoms with E-state index in [1.54, 1.807) is 0 Å². The van der Waals surface area contributed by atoms with Crippen molar-refractivity contribution in [3.05, 3.63) is 95.6 Å². The summed E-state index contributed by atoms with van der Waals surface area (Å²) in [6.45, 7) is 7.41. The van der Waals surface area contributed by atoms with Crippen molar-refractivity contribution in [1.29, 1.82) is 0 Å². The van der Waals surface area contributed by atoms with Gasteiger partial charge in [-0.25, -0.2) is 0 Å². The number of ether oxygens (including phenoxy) is 4. The lowest BCUT2D eigenvalue weighted by atomic mass is 9.82. The Morgan fingerprint density at radius 3 is 1.83 bits per heavy atom. The second kappa shape index (κ2) is 22.8. The number of Topliss-reactive ketones (excluding diaryl/α,β-unsaturated/α-hetero) is 4. The number of fused-ring (bicyclic) bond motifs is 3. The van der Waals surface area contributed by atoms with Gasteiger partial charge in [-0.15, -0.1) is 0 Å². The number of benzene rings is 3. The first kappa shape index (κ1) is 42.4. The Balaban J connectivity index is 1.02. The zero-order valence-electron chi connectivity index (χ0n) is 32.1. The molecule has 0 aromatic heterocycles. The highest BCUT2D eigenvalue weighted by atomic mass is 16.5. The first-order valence-corrected chi connectivity index (χ1v) is 19.3. The lowest BCUT2D eigenvalue weighted by Crippen LogP contribution is -2.26. The number of hydrogen-bond acceptors (Lipinski definition) is 9. The number of ketones is 4. The molecule has 0 radical (unpaired) electrons. The summed E-state index contributed by atoms with van der Waals surface area (Å²) < 4.78 is 22.2. The van der Waals surface area contributed by atoms with E-state index in [1.807, 2.05) is 68.4 Å². The van der Waals surface area contributed by atoms with E-state index in [1.165, 1.54) is 29.2 Å². The molecular weight excluding hydrogens is 684 g/mol. The molecule has 9 heteroatoms. The van der Waals surface area contributed by atoms with Crippen LogP contribution in [-0.4, -0.2) is 75.4 Å². The first-order chi connectivity index (χ1) is 26.1. The average Bonchev–Trinajstić information content (AvgIpc) is 3.48. The lowest BCUT2D eigenvalue weighted by molar-refractivity contribution is -0.144. The number of carbonyl (C=O) groups is 5. The molecule has 0 saturated carbocycles. The molecule has 0 spiro atoms. The van der Waals surface area contributed by atoms with Gasteiger partial charge in [-0.3, -0.25) is 24.0 Å². The minimum atomic E-state index is -0.539. The van der Waals surface area contributed by atoms with E-state index in [-0.39, 0.29) is 98.8 Å². The van der Waals surface area contributed by atoms with Gasteiger partial charge >= 0.3 is 5.97 Å². The van der Waals surface area contributed by atoms with Gasteiger partial charge in [0, 0.05) is 56.5 Å². The average molecular weight is 741 g/mol. The van der Waals surface area contributed by atoms with Crippen molar-refractivity contribution in [1.82, 2.24) is 0 Å². The van der Waals surface area contributed by atoms with Crippen LogP contribution in [0, 0.1) is 17.8 Å². The quantitative estimate of drug-likeness (QED) is 0.0576. The molecule has 0 N–H and O–H groups in total. The maximum Gasteiger partial charge on any atom is 0.305 e. The van der Waals surface area contributed by atoms with E-state index >= 15 is 0 Å². The van der Waals surface area contributed by atoms with Gasteiger partial charge in [0.05, 0.1) is 26.4 Å². The summed E-state index contributed by atoms with van der Waals surface area (Å²) in [6.07, 6.45) is 2.12. The smallest absolute Gasteiger partial charge is 0.305 e. The molecule has 54 heavy (non-hydrogen) atoms. The van der Waals surface area contributed by atoms with Gasteiger partial charge in [0.2, 0.25) is 0 Å². The van der Waals surface area contributed by atoms with Crippen molar-refractivity contribution in [3.63, 3.8) is 0 Å². The molecule has 2 unspecified atom stereocenters. The molecule has 1 aliphatic rings. The molecule has 0 saturated heterocycles. The van der Waals surface area contributed by atoms with Crippen LogP contribution in [0.1, 0.15) is 88.3 Å². The molecule has 0 fully saturated rings. The van der Waals surface area contributed by atoms with E-state index in [0.717, 1.165) is 5.56 Å². The van der Waals surface area contributed by atoms with Crippen LogP contribution < -0.4 is 0 Å². The molecule has 0 heterocycles. The molecule has 290 valence electrons. The van der Waals surface area contributed by atoms with Gasteiger partial charge in [0.15, 0.2) is 5.78 Å². The van der Waals surface area contributed by atoms with Gasteiger partial charge in [-0.1, -0.05) is 92.7 Å². The zero-order valence-corrected chi connectivity index (χ0v) is 32.1. The molecule has 0 amide bonds. The fraction of sp³-hybridized carbons (Fsp3) is 0.489. The molecule has 0 aliphatic heterocycles. The fourth-order valence-corrected chi connectivity index (χ4v) is 6.93. The Labute approximate surface area is 320 Å². The number of carbonyl (C=O) groups excluding carboxylic acids is 5. The molecule has 3 aromatic rings. The number of esters is 1. The summed E-state index contributed by atoms with van der Waals surface area (Å²) in [6, 6.07) is 26.0. The van der Waals surface area contributed by atoms with Gasteiger partial charge in [0.1, 0.15) is 30.6 Å². The molecule has 4 rings (SSSR count). The molecule has 2 atom stereocenters. The molecular formula is C45H56O9. The highest BCUT2D eigenvalue weighted by Crippen LogP contribution is 2.44. The van der Waals surface area contributed by atoms with Crippen molar-refractivity contribution >= 4 is 29.1 Å². The second-order valence-corrected chi connectivity index (χ2v) is 14.6. The minimum Gasteiger partial charge on any atom is -0.465 e. The first-order valence-electron chi connectivity index (χ1n) is 19.3. The summed E-state index contributed by atoms with van der Waals surface area (Å²) in [5.41, 5.74) is 5.72. The van der Waals surface area contributed by atoms with Crippen LogP contribution in [0.15, 0.2) is 78.9 Å². The van der Waals surface area contributed by atoms with Crippen molar-refractivity contribution in [2.75, 3.05) is 46.2 Å². The summed E-state index contributed by atoms with van der Waals surface area (Å²) in [5, 5.41) is 0. The predicted molar refractivity (Wildman–Crippen MR) is 207 cm³/mol. The van der Waals surface area contributed by atoms with E-state index in [9.17, 15) is 24.0 Å². The SMILES string of the molecule is CC(=O)C(CC(=O)C(CC(=O)CCC(=O)COCCOCCOCCCC(=O)OCC1c2ccccc2-c2ccccc21)Cc1ccccc1)CC(C)C. The highest BCUT2D eigenvalue weighted by molar-refractivity contribution is 5.92. The topological polar surface area (TPSA) is 122 Å². The Kier molecular flexibility index (Phi) is 17.9. The van der Waals surface area contributed by atoms with Crippen molar-refractivity contribution < 1.29 is 42.9 Å². The second-order valence-electron chi connectivity index (χ2n) is 14.6. The molecule has 3 aromatic carbocycles. The third-order valence-electron chi connectivity index (χ3n) is 9.77. The largest absolute Gasteiger partial charge is 0.465 e. The maximum atomic E-state index is 13.3. The van der Waals surface area contributed by atoms with Gasteiger partial charge in [-0.05, 0) is 59.9 Å². The summed E-state index contributed by atoms with van der Waals surface area (Å²) in [4.78, 5) is 63.3. The maximum absolute atomic E-state index is 13.3. The Morgan fingerprint density at radius 2 is 1.20 bits per heavy atom. The van der Waals surface area contributed by atoms with Crippen LogP contribution >= 0.6 is 0 Å². The van der Waals surface area contributed by atoms with Crippen LogP contribution in [0.25, 0.3) is 11.1 Å². The summed E-state index contributed by atoms with van der Waals surface area (Å²) >= 11 is 0. The van der Waals surface area contributed by atoms with Crippen LogP contribution in [0.4, 0.5) is 0 Å². The number of rotatable bonds is 27. The van der Waals surface area contributed by atoms with E-state index in [4.69, 9.17) is 18.9 Å². The van der Waals surface area contributed by atoms with E-state index in [0.29, 0.717) is 45.7 Å². The number of hydrogen-bond donors (Lipinski definition) is 0. The molecule has 1 aliphatic carbocycles. The van der Waals surface area contributed by atoms with Crippen molar-refractivity contribution in [2.24, 2.45) is 17.8 Å². The zero-order chi connectivity index (χ0) is 38.7. The van der Waals surface area contributed by atoms with Crippen LogP contribution in [0.5, 0.6) is 0 Å². The van der Waals surface area contributed by atoms with Gasteiger partial charge < -0.3 is 18.9 Å². The third-order valence-corrected chi connectivity index (χ3v) is 9.77. The highest BCUT2D eigenvalue weighted by Gasteiger charge is 2.29. The molecule has 0 bridgehead atoms. The third kappa shape index (κ3) is 14.2. The minimum absolute atomic E-state index is 0.00791. The summed E-state index contributed by atoms with van der Waals surface area (Å²) in [5.74, 6) is -1.24. The Hall–Kier alpha value is -4.31. The van der Waals surface area contributed by atoms with Crippen LogP contribution in [0.3, 0.4) is 0 Å². The normalized spacial score (nSPS) is 13.3. The van der Waals surface area contributed by atoms with Crippen LogP contribution in [-0.2, 0) is 49.3 Å². The standard InChI is InChI=1S/C45H56O9/c1-32(2)26-35(33(3)46)29-44(49)36(27-34-12-5-4-6-13-34)28-37(47)19-20-38(48)30-53-25-24-52-23-22-51-21-11-18-45(50)54-31-43-41-16-9-7-14-39(41)40-15-8-10-17-42(40)43/h4-10,12-17,32,35-36,43H,11,18-31H2,1-3H3. The Morgan fingerprint density at radius 1 is 0.630 bits per heavy atom. The van der Waals surface area contributed by atoms with Crippen LogP contribution in [0.2, 0.25) is 0 Å². The summed E-state index contributed by atoms with van der Waals surface area (Å²) in [7, 11) is 0. The van der Waals surface area contributed by atoms with Crippen molar-refractivity contribution in [2.45, 2.75) is 78.1 Å². The van der Waals surface area contributed by atoms with E-state index < -0.39 is 5.92 Å². The van der Waals surface area contributed by atoms with E-state index in [2.05, 4.69) is 24.3 Å². The predicted octanol–water partition coefficient (Wildman–Crippen LogP) is 7.55.